The van der Waals surface area contributed by atoms with E-state index in [-0.39, 0.29) is 32.0 Å². The largest absolute Gasteiger partial charge is 0.394 e. The van der Waals surface area contributed by atoms with Crippen molar-refractivity contribution in [3.8, 4) is 0 Å². The second-order valence-electron chi connectivity index (χ2n) is 4.49. The number of sulfonamides is 1. The van der Waals surface area contributed by atoms with Crippen LogP contribution in [0.25, 0.3) is 0 Å². The fourth-order valence-electron chi connectivity index (χ4n) is 2.10. The van der Waals surface area contributed by atoms with Crippen LogP contribution in [0.5, 0.6) is 0 Å². The molecule has 0 bridgehead atoms. The summed E-state index contributed by atoms with van der Waals surface area (Å²) in [6.45, 7) is -0.221. The number of aliphatic hydroxyl groups is 1. The molecule has 1 heterocycles. The maximum absolute atomic E-state index is 12.6. The first-order valence-electron chi connectivity index (χ1n) is 6.13. The molecule has 10 heteroatoms. The van der Waals surface area contributed by atoms with E-state index >= 15 is 0 Å². The van der Waals surface area contributed by atoms with Gasteiger partial charge in [-0.15, -0.1) is 0 Å². The van der Waals surface area contributed by atoms with Crippen LogP contribution in [-0.2, 0) is 14.8 Å². The molecule has 3 N–H and O–H groups in total. The molecule has 116 valence electrons. The first kappa shape index (κ1) is 15.6. The van der Waals surface area contributed by atoms with Gasteiger partial charge < -0.3 is 15.6 Å². The van der Waals surface area contributed by atoms with Gasteiger partial charge >= 0.3 is 5.69 Å². The minimum Gasteiger partial charge on any atom is -0.394 e. The monoisotopic (exact) mass is 317 g/mol. The van der Waals surface area contributed by atoms with Crippen molar-refractivity contribution in [2.45, 2.75) is 11.0 Å². The molecule has 1 fully saturated rings. The number of hydrogen-bond donors (Lipinski definition) is 2. The van der Waals surface area contributed by atoms with Crippen LogP contribution in [0, 0.1) is 10.1 Å². The molecular formula is C11H15N3O6S. The predicted octanol–water partition coefficient (Wildman–Crippen LogP) is -0.441. The van der Waals surface area contributed by atoms with Gasteiger partial charge in [0.25, 0.3) is 0 Å². The molecule has 1 saturated heterocycles. The molecule has 1 aromatic rings. The van der Waals surface area contributed by atoms with E-state index in [1.807, 2.05) is 0 Å². The van der Waals surface area contributed by atoms with E-state index in [2.05, 4.69) is 0 Å². The van der Waals surface area contributed by atoms with Crippen LogP contribution in [0.4, 0.5) is 11.4 Å². The maximum atomic E-state index is 12.6. The third-order valence-corrected chi connectivity index (χ3v) is 5.03. The standard InChI is InChI=1S/C11H15N3O6S/c12-9-2-1-3-10(11(9)14(16)17)21(18,19)13-4-5-20-8(6-13)7-15/h1-3,8,15H,4-7,12H2. The maximum Gasteiger partial charge on any atom is 0.312 e. The van der Waals surface area contributed by atoms with Gasteiger partial charge in [-0.05, 0) is 12.1 Å². The number of nitro groups is 1. The van der Waals surface area contributed by atoms with E-state index in [0.717, 1.165) is 10.4 Å². The smallest absolute Gasteiger partial charge is 0.312 e. The molecule has 1 aliphatic rings. The predicted molar refractivity (Wildman–Crippen MR) is 73.1 cm³/mol. The Bertz CT molecular complexity index is 647. The van der Waals surface area contributed by atoms with Crippen molar-refractivity contribution in [1.82, 2.24) is 4.31 Å². The second-order valence-corrected chi connectivity index (χ2v) is 6.40. The SMILES string of the molecule is Nc1cccc(S(=O)(=O)N2CCOC(CO)C2)c1[N+](=O)[O-]. The second kappa shape index (κ2) is 5.93. The Kier molecular flexibility index (Phi) is 4.42. The van der Waals surface area contributed by atoms with Crippen LogP contribution in [-0.4, -0.2) is 55.2 Å². The fourth-order valence-corrected chi connectivity index (χ4v) is 3.75. The van der Waals surface area contributed by atoms with E-state index in [1.54, 1.807) is 0 Å². The lowest BCUT2D eigenvalue weighted by molar-refractivity contribution is -0.386. The molecule has 2 rings (SSSR count). The molecule has 9 nitrogen and oxygen atoms in total. The molecule has 0 radical (unpaired) electrons. The quantitative estimate of drug-likeness (QED) is 0.436. The van der Waals surface area contributed by atoms with Gasteiger partial charge in [0.1, 0.15) is 5.69 Å². The highest BCUT2D eigenvalue weighted by atomic mass is 32.2. The summed E-state index contributed by atoms with van der Waals surface area (Å²) in [5.74, 6) is 0. The minimum absolute atomic E-state index is 0.0603. The van der Waals surface area contributed by atoms with Crippen LogP contribution < -0.4 is 5.73 Å². The number of morpholine rings is 1. The number of nitrogens with zero attached hydrogens (tertiary/aromatic N) is 2. The van der Waals surface area contributed by atoms with Crippen molar-refractivity contribution >= 4 is 21.4 Å². The highest BCUT2D eigenvalue weighted by molar-refractivity contribution is 7.89. The summed E-state index contributed by atoms with van der Waals surface area (Å²) in [5, 5.41) is 20.1. The Morgan fingerprint density at radius 1 is 1.52 bits per heavy atom. The van der Waals surface area contributed by atoms with Crippen molar-refractivity contribution in [3.05, 3.63) is 28.3 Å². The van der Waals surface area contributed by atoms with Gasteiger partial charge in [0.2, 0.25) is 10.0 Å². The molecule has 1 aromatic carbocycles. The molecule has 21 heavy (non-hydrogen) atoms. The van der Waals surface area contributed by atoms with Gasteiger partial charge in [0, 0.05) is 13.1 Å². The van der Waals surface area contributed by atoms with E-state index in [0.29, 0.717) is 0 Å². The molecule has 0 aromatic heterocycles. The number of rotatable bonds is 4. The average molecular weight is 317 g/mol. The Balaban J connectivity index is 2.45. The topological polar surface area (TPSA) is 136 Å². The van der Waals surface area contributed by atoms with Crippen LogP contribution >= 0.6 is 0 Å². The van der Waals surface area contributed by atoms with E-state index in [1.165, 1.54) is 12.1 Å². The number of anilines is 1. The van der Waals surface area contributed by atoms with Gasteiger partial charge in [-0.25, -0.2) is 8.42 Å². The molecule has 0 aliphatic carbocycles. The van der Waals surface area contributed by atoms with E-state index in [4.69, 9.17) is 15.6 Å². The van der Waals surface area contributed by atoms with Gasteiger partial charge in [-0.2, -0.15) is 4.31 Å². The van der Waals surface area contributed by atoms with Crippen LogP contribution in [0.1, 0.15) is 0 Å². The highest BCUT2D eigenvalue weighted by Crippen LogP contribution is 2.32. The normalized spacial score (nSPS) is 20.3. The van der Waals surface area contributed by atoms with Crippen LogP contribution in [0.15, 0.2) is 23.1 Å². The number of para-hydroxylation sites is 1. The summed E-state index contributed by atoms with van der Waals surface area (Å²) >= 11 is 0. The Morgan fingerprint density at radius 2 is 2.24 bits per heavy atom. The number of nitrogens with two attached hydrogens (primary N) is 1. The van der Waals surface area contributed by atoms with Gasteiger partial charge in [0.15, 0.2) is 4.90 Å². The van der Waals surface area contributed by atoms with Crippen molar-refractivity contribution in [2.75, 3.05) is 32.0 Å². The van der Waals surface area contributed by atoms with Gasteiger partial charge in [-0.3, -0.25) is 10.1 Å². The molecule has 1 atom stereocenters. The van der Waals surface area contributed by atoms with Crippen LogP contribution in [0.2, 0.25) is 0 Å². The Hall–Kier alpha value is -1.75. The summed E-state index contributed by atoms with van der Waals surface area (Å²) < 4.78 is 31.3. The lowest BCUT2D eigenvalue weighted by Crippen LogP contribution is -2.46. The summed E-state index contributed by atoms with van der Waals surface area (Å²) in [4.78, 5) is 9.80. The summed E-state index contributed by atoms with van der Waals surface area (Å²) in [6, 6.07) is 3.76. The summed E-state index contributed by atoms with van der Waals surface area (Å²) in [5.41, 5.74) is 4.66. The lowest BCUT2D eigenvalue weighted by atomic mass is 10.3. The molecule has 0 spiro atoms. The molecule has 0 amide bonds. The number of aliphatic hydroxyl groups excluding tert-OH is 1. The third kappa shape index (κ3) is 2.97. The number of benzene rings is 1. The number of ether oxygens (including phenoxy) is 1. The molecule has 0 saturated carbocycles. The number of nitrogen functional groups attached to an aromatic ring is 1. The van der Waals surface area contributed by atoms with E-state index in [9.17, 15) is 18.5 Å². The van der Waals surface area contributed by atoms with Crippen molar-refractivity contribution < 1.29 is 23.2 Å². The minimum atomic E-state index is -4.08. The molecule has 1 aliphatic heterocycles. The first-order valence-corrected chi connectivity index (χ1v) is 7.57. The van der Waals surface area contributed by atoms with Gasteiger partial charge in [0.05, 0.1) is 24.2 Å². The summed E-state index contributed by atoms with van der Waals surface area (Å²) in [6.07, 6.45) is -0.645. The number of hydrogen-bond acceptors (Lipinski definition) is 7. The van der Waals surface area contributed by atoms with Gasteiger partial charge in [-0.1, -0.05) is 6.07 Å². The zero-order valence-electron chi connectivity index (χ0n) is 11.0. The first-order chi connectivity index (χ1) is 9.87. The Labute approximate surface area is 121 Å². The lowest BCUT2D eigenvalue weighted by Gasteiger charge is -2.31. The molecular weight excluding hydrogens is 302 g/mol. The number of nitro benzene ring substituents is 1. The summed E-state index contributed by atoms with van der Waals surface area (Å²) in [7, 11) is -4.08. The Morgan fingerprint density at radius 3 is 2.86 bits per heavy atom. The average Bonchev–Trinajstić information content (AvgIpc) is 2.46. The fraction of sp³-hybridized carbons (Fsp3) is 0.455. The van der Waals surface area contributed by atoms with E-state index < -0.39 is 31.6 Å². The third-order valence-electron chi connectivity index (χ3n) is 3.14. The zero-order valence-corrected chi connectivity index (χ0v) is 11.8. The highest BCUT2D eigenvalue weighted by Gasteiger charge is 2.36. The van der Waals surface area contributed by atoms with Crippen molar-refractivity contribution in [1.29, 1.82) is 0 Å². The zero-order chi connectivity index (χ0) is 15.6. The molecule has 1 unspecified atom stereocenters. The van der Waals surface area contributed by atoms with Crippen LogP contribution in [0.3, 0.4) is 0 Å². The van der Waals surface area contributed by atoms with Crippen molar-refractivity contribution in [2.24, 2.45) is 0 Å². The van der Waals surface area contributed by atoms with Crippen molar-refractivity contribution in [3.63, 3.8) is 0 Å².